The molecule has 0 aromatic heterocycles. The third kappa shape index (κ3) is 4.59. The fourth-order valence-electron chi connectivity index (χ4n) is 1.98. The van der Waals surface area contributed by atoms with E-state index in [1.807, 2.05) is 0 Å². The fraction of sp³-hybridized carbons (Fsp3) is 0.692. The van der Waals surface area contributed by atoms with E-state index in [0.717, 1.165) is 25.7 Å². The maximum atomic E-state index is 11.5. The van der Waals surface area contributed by atoms with Crippen LogP contribution >= 0.6 is 0 Å². The van der Waals surface area contributed by atoms with Crippen molar-refractivity contribution in [1.82, 2.24) is 0 Å². The summed E-state index contributed by atoms with van der Waals surface area (Å²) in [5, 5.41) is 8.54. The van der Waals surface area contributed by atoms with Crippen molar-refractivity contribution in [2.24, 2.45) is 5.41 Å². The maximum Gasteiger partial charge on any atom is 0.334 e. The number of hydrogen-bond donors (Lipinski definition) is 1. The minimum Gasteiger partial charge on any atom is -0.481 e. The number of esters is 1. The molecule has 4 heteroatoms. The van der Waals surface area contributed by atoms with E-state index in [9.17, 15) is 9.59 Å². The zero-order valence-corrected chi connectivity index (χ0v) is 10.5. The van der Waals surface area contributed by atoms with E-state index < -0.39 is 11.9 Å². The van der Waals surface area contributed by atoms with E-state index in [1.165, 1.54) is 0 Å². The lowest BCUT2D eigenvalue weighted by molar-refractivity contribution is -0.148. The van der Waals surface area contributed by atoms with Crippen molar-refractivity contribution in [2.45, 2.75) is 52.1 Å². The first-order chi connectivity index (χ1) is 7.80. The number of ether oxygens (including phenoxy) is 1. The molecule has 0 aliphatic heterocycles. The Labute approximate surface area is 102 Å². The van der Waals surface area contributed by atoms with E-state index in [4.69, 9.17) is 9.84 Å². The molecule has 96 valence electrons. The Bertz CT molecular complexity index is 320. The molecule has 0 spiro atoms. The molecule has 0 radical (unpaired) electrons. The Kier molecular flexibility index (Phi) is 4.32. The third-order valence-electron chi connectivity index (χ3n) is 3.21. The average molecular weight is 240 g/mol. The minimum absolute atomic E-state index is 0.0160. The second-order valence-electron chi connectivity index (χ2n) is 5.44. The number of carbonyl (C=O) groups is 2. The number of carbonyl (C=O) groups excluding carboxylic acids is 1. The van der Waals surface area contributed by atoms with Crippen LogP contribution in [-0.4, -0.2) is 23.1 Å². The molecule has 0 saturated heterocycles. The summed E-state index contributed by atoms with van der Waals surface area (Å²) in [6.45, 7) is 7.84. The Hall–Kier alpha value is -1.32. The van der Waals surface area contributed by atoms with Crippen molar-refractivity contribution in [3.63, 3.8) is 0 Å². The molecule has 1 rings (SSSR count). The molecule has 1 N–H and O–H groups in total. The van der Waals surface area contributed by atoms with Gasteiger partial charge in [0.1, 0.15) is 6.10 Å². The summed E-state index contributed by atoms with van der Waals surface area (Å²) in [4.78, 5) is 21.9. The maximum absolute atomic E-state index is 11.5. The molecule has 1 aliphatic rings. The number of rotatable bonds is 4. The molecular weight excluding hydrogens is 220 g/mol. The molecule has 0 aromatic rings. The summed E-state index contributed by atoms with van der Waals surface area (Å²) in [5.41, 5.74) is 0.336. The number of aliphatic carboxylic acids is 1. The van der Waals surface area contributed by atoms with E-state index in [2.05, 4.69) is 20.4 Å². The first kappa shape index (κ1) is 13.7. The van der Waals surface area contributed by atoms with Crippen LogP contribution in [0.15, 0.2) is 12.2 Å². The van der Waals surface area contributed by atoms with Crippen LogP contribution in [-0.2, 0) is 14.3 Å². The first-order valence-corrected chi connectivity index (χ1v) is 5.91. The molecule has 0 amide bonds. The van der Waals surface area contributed by atoms with Gasteiger partial charge in [-0.3, -0.25) is 4.79 Å². The van der Waals surface area contributed by atoms with Gasteiger partial charge in [-0.2, -0.15) is 0 Å². The van der Waals surface area contributed by atoms with Gasteiger partial charge in [-0.1, -0.05) is 20.4 Å². The van der Waals surface area contributed by atoms with Crippen LogP contribution in [0.4, 0.5) is 0 Å². The monoisotopic (exact) mass is 240 g/mol. The van der Waals surface area contributed by atoms with E-state index in [1.54, 1.807) is 0 Å². The summed E-state index contributed by atoms with van der Waals surface area (Å²) >= 11 is 0. The highest BCUT2D eigenvalue weighted by Crippen LogP contribution is 2.36. The molecule has 1 fully saturated rings. The van der Waals surface area contributed by atoms with Crippen molar-refractivity contribution in [1.29, 1.82) is 0 Å². The van der Waals surface area contributed by atoms with Gasteiger partial charge in [-0.25, -0.2) is 4.79 Å². The summed E-state index contributed by atoms with van der Waals surface area (Å²) < 4.78 is 5.25. The topological polar surface area (TPSA) is 63.6 Å². The normalized spacial score (nSPS) is 19.6. The van der Waals surface area contributed by atoms with Gasteiger partial charge >= 0.3 is 11.9 Å². The highest BCUT2D eigenvalue weighted by atomic mass is 16.5. The lowest BCUT2D eigenvalue weighted by Gasteiger charge is -2.33. The van der Waals surface area contributed by atoms with Gasteiger partial charge in [0.15, 0.2) is 0 Å². The van der Waals surface area contributed by atoms with Gasteiger partial charge in [-0.05, 0) is 31.1 Å². The predicted molar refractivity (Wildman–Crippen MR) is 63.5 cm³/mol. The SMILES string of the molecule is C=C(CC(=O)O)C(=O)OC1CCC(C)(C)CC1. The zero-order chi connectivity index (χ0) is 13.1. The lowest BCUT2D eigenvalue weighted by atomic mass is 9.76. The second-order valence-corrected chi connectivity index (χ2v) is 5.44. The first-order valence-electron chi connectivity index (χ1n) is 5.91. The Morgan fingerprint density at radius 2 is 1.88 bits per heavy atom. The smallest absolute Gasteiger partial charge is 0.334 e. The van der Waals surface area contributed by atoms with Gasteiger partial charge in [0.25, 0.3) is 0 Å². The fourth-order valence-corrected chi connectivity index (χ4v) is 1.98. The van der Waals surface area contributed by atoms with Gasteiger partial charge in [0.2, 0.25) is 0 Å². The number of hydrogen-bond acceptors (Lipinski definition) is 3. The standard InChI is InChI=1S/C13H20O4/c1-9(8-11(14)15)12(16)17-10-4-6-13(2,3)7-5-10/h10H,1,4-8H2,2-3H3,(H,14,15). The molecule has 4 nitrogen and oxygen atoms in total. The third-order valence-corrected chi connectivity index (χ3v) is 3.21. The van der Waals surface area contributed by atoms with Crippen LogP contribution in [0, 0.1) is 5.41 Å². The number of carboxylic acid groups (broad SMARTS) is 1. The zero-order valence-electron chi connectivity index (χ0n) is 10.5. The van der Waals surface area contributed by atoms with Gasteiger partial charge in [0.05, 0.1) is 6.42 Å². The lowest BCUT2D eigenvalue weighted by Crippen LogP contribution is -2.28. The molecule has 1 saturated carbocycles. The molecule has 1 aliphatic carbocycles. The quantitative estimate of drug-likeness (QED) is 0.606. The van der Waals surface area contributed by atoms with Crippen molar-refractivity contribution in [2.75, 3.05) is 0 Å². The Morgan fingerprint density at radius 1 is 1.35 bits per heavy atom. The molecule has 0 bridgehead atoms. The summed E-state index contributed by atoms with van der Waals surface area (Å²) in [5.74, 6) is -1.63. The van der Waals surface area contributed by atoms with Gasteiger partial charge in [-0.15, -0.1) is 0 Å². The van der Waals surface area contributed by atoms with Crippen molar-refractivity contribution >= 4 is 11.9 Å². The van der Waals surface area contributed by atoms with Crippen LogP contribution in [0.2, 0.25) is 0 Å². The van der Waals surface area contributed by atoms with Crippen molar-refractivity contribution in [3.8, 4) is 0 Å². The highest BCUT2D eigenvalue weighted by molar-refractivity contribution is 5.92. The molecule has 0 atom stereocenters. The predicted octanol–water partition coefficient (Wildman–Crippen LogP) is 2.53. The minimum atomic E-state index is -1.06. The van der Waals surface area contributed by atoms with Gasteiger partial charge < -0.3 is 9.84 Å². The van der Waals surface area contributed by atoms with Crippen molar-refractivity contribution in [3.05, 3.63) is 12.2 Å². The Balaban J connectivity index is 2.38. The van der Waals surface area contributed by atoms with E-state index >= 15 is 0 Å². The largest absolute Gasteiger partial charge is 0.481 e. The average Bonchev–Trinajstić information content (AvgIpc) is 2.20. The molecule has 0 heterocycles. The van der Waals surface area contributed by atoms with Crippen molar-refractivity contribution < 1.29 is 19.4 Å². The molecule has 17 heavy (non-hydrogen) atoms. The van der Waals surface area contributed by atoms with Crippen LogP contribution in [0.25, 0.3) is 0 Å². The van der Waals surface area contributed by atoms with E-state index in [0.29, 0.717) is 5.41 Å². The highest BCUT2D eigenvalue weighted by Gasteiger charge is 2.29. The molecular formula is C13H20O4. The Morgan fingerprint density at radius 3 is 2.35 bits per heavy atom. The summed E-state index contributed by atoms with van der Waals surface area (Å²) in [6.07, 6.45) is 3.31. The summed E-state index contributed by atoms with van der Waals surface area (Å²) in [7, 11) is 0. The second kappa shape index (κ2) is 5.34. The molecule has 0 aromatic carbocycles. The van der Waals surface area contributed by atoms with Crippen LogP contribution in [0.3, 0.4) is 0 Å². The van der Waals surface area contributed by atoms with E-state index in [-0.39, 0.29) is 18.1 Å². The summed E-state index contributed by atoms with van der Waals surface area (Å²) in [6, 6.07) is 0. The van der Waals surface area contributed by atoms with Crippen LogP contribution < -0.4 is 0 Å². The van der Waals surface area contributed by atoms with Crippen LogP contribution in [0.5, 0.6) is 0 Å². The van der Waals surface area contributed by atoms with Crippen LogP contribution in [0.1, 0.15) is 46.0 Å². The van der Waals surface area contributed by atoms with Gasteiger partial charge in [0, 0.05) is 5.57 Å². The molecule has 0 unspecified atom stereocenters. The number of carboxylic acids is 1.